The number of benzene rings is 1. The average Bonchev–Trinajstić information content (AvgIpc) is 2.04. The van der Waals surface area contributed by atoms with Crippen LogP contribution in [0.4, 0.5) is 5.69 Å². The van der Waals surface area contributed by atoms with Crippen LogP contribution in [0.25, 0.3) is 0 Å². The minimum Gasteiger partial charge on any atom is -0.480 e. The average molecular weight is 1350 g/mol. The van der Waals surface area contributed by atoms with Gasteiger partial charge in [-0.2, -0.15) is 23.5 Å². The third kappa shape index (κ3) is 33.9. The van der Waals surface area contributed by atoms with E-state index in [9.17, 15) is 63.3 Å². The zero-order chi connectivity index (χ0) is 70.2. The molecule has 0 saturated heterocycles. The number of amides is 9. The number of carboxylic acids is 1. The van der Waals surface area contributed by atoms with E-state index in [2.05, 4.69) is 80.8 Å². The number of aliphatic hydroxyl groups excluding tert-OH is 2. The van der Waals surface area contributed by atoms with Crippen LogP contribution >= 0.6 is 23.5 Å². The van der Waals surface area contributed by atoms with Crippen LogP contribution in [0.5, 0.6) is 0 Å². The summed E-state index contributed by atoms with van der Waals surface area (Å²) in [5.74, 6) is -9.00. The van der Waals surface area contributed by atoms with Crippen molar-refractivity contribution < 1.29 is 63.3 Å². The van der Waals surface area contributed by atoms with Crippen LogP contribution in [0.3, 0.4) is 0 Å². The van der Waals surface area contributed by atoms with Crippen molar-refractivity contribution in [2.24, 2.45) is 29.0 Å². The zero-order valence-electron chi connectivity index (χ0n) is 56.4. The molecule has 0 radical (unpaired) electrons. The van der Waals surface area contributed by atoms with Gasteiger partial charge in [0.05, 0.1) is 18.3 Å². The van der Waals surface area contributed by atoms with Crippen molar-refractivity contribution in [2.75, 3.05) is 55.5 Å². The molecule has 1 aromatic rings. The van der Waals surface area contributed by atoms with Crippen LogP contribution in [0.1, 0.15) is 163 Å². The summed E-state index contributed by atoms with van der Waals surface area (Å²) in [5.41, 5.74) is 27.2. The smallest absolute Gasteiger partial charge is 0.326 e. The minimum atomic E-state index is -1.75. The first-order chi connectivity index (χ1) is 44.1. The number of nitrogen functional groups attached to an aromatic ring is 1. The number of hydrogen-bond donors (Lipinski definition) is 16. The third-order valence-electron chi connectivity index (χ3n) is 15.1. The van der Waals surface area contributed by atoms with Crippen LogP contribution in [0.15, 0.2) is 59.2 Å². The number of rotatable bonds is 48. The van der Waals surface area contributed by atoms with Crippen molar-refractivity contribution in [3.63, 3.8) is 0 Å². The molecule has 526 valence electrons. The molecule has 0 saturated carbocycles. The highest BCUT2D eigenvalue weighted by Crippen LogP contribution is 2.17. The van der Waals surface area contributed by atoms with Crippen molar-refractivity contribution in [3.8, 4) is 0 Å². The van der Waals surface area contributed by atoms with E-state index in [1.165, 1.54) is 53.7 Å². The standard InChI is InChI=1S/C65H111N13O13S2/c1-39(2)21-19-22-42(7)23-20-24-43(8)30-36-93-38-52(61(86)76-54(41(5)6)63(88)77-53(40(3)4)62(87)73-50(65(90)91)31-35-92-10)75-58(83)48(28-14-17-33-67)72-64(89)55(44(9)80)78-59(84)49(29-15-18-34-68)71-60(85)51(37-79)74-57(82)47(27-13-16-32-66)70-56(81)45-25-11-12-26-46(45)69/h11-12,21,23,25-26,30,40-41,44,47-55,79-80H,13-20,22,24,27-29,31-38,66-69H2,1-10H3,(H,70,81)(H,71,85)(H,72,89)(H,73,87)(H,74,82)(H,75,83)(H,76,86)(H,77,88)(H,78,84)(H,90,91)/b42-23+,43-30+/t44-,47+,48+,49+,50+,51+,52+,53+,54+,55+/m1/s1. The molecule has 93 heavy (non-hydrogen) atoms. The highest BCUT2D eigenvalue weighted by atomic mass is 32.2. The molecular formula is C65H111N13O13S2. The maximum atomic E-state index is 14.6. The fourth-order valence-corrected chi connectivity index (χ4v) is 10.9. The molecule has 0 heterocycles. The number of nitrogens with one attached hydrogen (secondary N) is 9. The number of allylic oxidation sites excluding steroid dienone is 5. The Bertz CT molecular complexity index is 2620. The number of anilines is 1. The van der Waals surface area contributed by atoms with E-state index in [0.717, 1.165) is 31.3 Å². The van der Waals surface area contributed by atoms with Crippen molar-refractivity contribution in [2.45, 2.75) is 213 Å². The van der Waals surface area contributed by atoms with Crippen molar-refractivity contribution >= 4 is 88.3 Å². The second-order valence-corrected chi connectivity index (χ2v) is 26.3. The minimum absolute atomic E-state index is 0.0233. The Morgan fingerprint density at radius 3 is 1.40 bits per heavy atom. The van der Waals surface area contributed by atoms with Gasteiger partial charge in [-0.25, -0.2) is 4.79 Å². The molecular weight excluding hydrogens is 1230 g/mol. The number of thioether (sulfide) groups is 2. The summed E-state index contributed by atoms with van der Waals surface area (Å²) >= 11 is 2.73. The number of carbonyl (C=O) groups is 10. The quantitative estimate of drug-likeness (QED) is 0.0253. The van der Waals surface area contributed by atoms with Crippen molar-refractivity contribution in [1.82, 2.24) is 47.9 Å². The van der Waals surface area contributed by atoms with Gasteiger partial charge in [0.2, 0.25) is 47.3 Å². The van der Waals surface area contributed by atoms with Gasteiger partial charge < -0.3 is 86.1 Å². The summed E-state index contributed by atoms with van der Waals surface area (Å²) in [7, 11) is 0. The summed E-state index contributed by atoms with van der Waals surface area (Å²) in [5, 5.41) is 54.8. The number of hydrogen-bond acceptors (Lipinski definition) is 18. The molecule has 28 heteroatoms. The first-order valence-electron chi connectivity index (χ1n) is 32.3. The van der Waals surface area contributed by atoms with Gasteiger partial charge in [0.15, 0.2) is 0 Å². The van der Waals surface area contributed by atoms with E-state index < -0.39 is 138 Å². The lowest BCUT2D eigenvalue weighted by Gasteiger charge is -2.30. The number of para-hydroxylation sites is 1. The third-order valence-corrected chi connectivity index (χ3v) is 16.7. The van der Waals surface area contributed by atoms with Crippen LogP contribution in [0.2, 0.25) is 0 Å². The van der Waals surface area contributed by atoms with Crippen molar-refractivity contribution in [1.29, 1.82) is 0 Å². The summed E-state index contributed by atoms with van der Waals surface area (Å²) in [6.07, 6.45) is 12.6. The second kappa shape index (κ2) is 47.3. The van der Waals surface area contributed by atoms with Gasteiger partial charge in [0, 0.05) is 17.2 Å². The Morgan fingerprint density at radius 2 is 0.914 bits per heavy atom. The molecule has 0 fully saturated rings. The fourth-order valence-electron chi connectivity index (χ4n) is 9.39. The molecule has 1 aromatic carbocycles. The highest BCUT2D eigenvalue weighted by Gasteiger charge is 2.37. The van der Waals surface area contributed by atoms with Crippen LogP contribution in [0, 0.1) is 11.8 Å². The first kappa shape index (κ1) is 84.5. The van der Waals surface area contributed by atoms with Gasteiger partial charge in [-0.15, -0.1) is 0 Å². The second-order valence-electron chi connectivity index (χ2n) is 24.3. The molecule has 0 spiro atoms. The molecule has 26 nitrogen and oxygen atoms in total. The van der Waals surface area contributed by atoms with E-state index in [4.69, 9.17) is 22.9 Å². The lowest BCUT2D eigenvalue weighted by Crippen LogP contribution is -2.62. The Balaban J connectivity index is 3.64. The summed E-state index contributed by atoms with van der Waals surface area (Å²) in [6.45, 7) is 16.0. The van der Waals surface area contributed by atoms with Crippen LogP contribution in [-0.2, 0) is 43.2 Å². The van der Waals surface area contributed by atoms with Crippen LogP contribution in [-0.4, -0.2) is 185 Å². The molecule has 0 unspecified atom stereocenters. The molecule has 0 bridgehead atoms. The largest absolute Gasteiger partial charge is 0.480 e. The summed E-state index contributed by atoms with van der Waals surface area (Å²) in [4.78, 5) is 138. The monoisotopic (exact) mass is 1350 g/mol. The zero-order valence-corrected chi connectivity index (χ0v) is 58.0. The molecule has 10 atom stereocenters. The lowest BCUT2D eigenvalue weighted by molar-refractivity contribution is -0.142. The number of carboxylic acid groups (broad SMARTS) is 1. The SMILES string of the molecule is CSCC[C@H](NC(=O)[C@@H](NC(=O)[C@@H](NC(=O)[C@H](CSC/C=C(\C)CC/C=C(\C)CCC=C(C)C)NC(=O)[C@H](CCCCN)NC(=O)[C@@H](NC(=O)[C@H](CCCCN)NC(=O)[C@H](CO)NC(=O)[C@H](CCCCN)NC(=O)c1ccccc1N)[C@@H](C)O)C(C)C)C(C)C)C(=O)O. The number of carbonyl (C=O) groups excluding carboxylic acids is 9. The van der Waals surface area contributed by atoms with E-state index in [-0.39, 0.29) is 62.2 Å². The first-order valence-corrected chi connectivity index (χ1v) is 34.8. The Hall–Kier alpha value is -6.56. The predicted octanol–water partition coefficient (Wildman–Crippen LogP) is 2.31. The molecule has 0 aromatic heterocycles. The Kier molecular flexibility index (Phi) is 43.0. The molecule has 9 amide bonds. The van der Waals surface area contributed by atoms with E-state index in [1.54, 1.807) is 46.1 Å². The van der Waals surface area contributed by atoms with Crippen molar-refractivity contribution in [3.05, 3.63) is 64.8 Å². The number of aliphatic carboxylic acids is 1. The predicted molar refractivity (Wildman–Crippen MR) is 368 cm³/mol. The maximum Gasteiger partial charge on any atom is 0.326 e. The van der Waals surface area contributed by atoms with E-state index >= 15 is 0 Å². The van der Waals surface area contributed by atoms with Gasteiger partial charge in [-0.3, -0.25) is 43.2 Å². The molecule has 20 N–H and O–H groups in total. The number of nitrogens with two attached hydrogens (primary N) is 4. The highest BCUT2D eigenvalue weighted by molar-refractivity contribution is 7.99. The van der Waals surface area contributed by atoms with Gasteiger partial charge in [-0.1, -0.05) is 74.8 Å². The fraction of sp³-hybridized carbons (Fsp3) is 0.662. The summed E-state index contributed by atoms with van der Waals surface area (Å²) in [6, 6.07) is -6.21. The topological polar surface area (TPSA) is 444 Å². The molecule has 1 rings (SSSR count). The van der Waals surface area contributed by atoms with Crippen LogP contribution < -0.4 is 70.8 Å². The van der Waals surface area contributed by atoms with Gasteiger partial charge in [0.25, 0.3) is 5.91 Å². The Morgan fingerprint density at radius 1 is 0.505 bits per heavy atom. The van der Waals surface area contributed by atoms with Gasteiger partial charge in [0.1, 0.15) is 54.4 Å². The molecule has 0 aliphatic rings. The summed E-state index contributed by atoms with van der Waals surface area (Å²) < 4.78 is 0. The molecule has 0 aliphatic carbocycles. The van der Waals surface area contributed by atoms with Gasteiger partial charge in [-0.05, 0) is 180 Å². The lowest BCUT2D eigenvalue weighted by atomic mass is 9.99. The normalized spacial score (nSPS) is 14.9. The van der Waals surface area contributed by atoms with Gasteiger partial charge >= 0.3 is 5.97 Å². The van der Waals surface area contributed by atoms with E-state index in [0.29, 0.717) is 50.2 Å². The number of unbranched alkanes of at least 4 members (excludes halogenated alkanes) is 3. The maximum absolute atomic E-state index is 14.6. The van der Waals surface area contributed by atoms with E-state index in [1.807, 2.05) is 13.0 Å². The Labute approximate surface area is 558 Å². The molecule has 0 aliphatic heterocycles. The number of aliphatic hydroxyl groups is 2.